The van der Waals surface area contributed by atoms with Gasteiger partial charge in [0.2, 0.25) is 0 Å². The molecule has 1 N–H and O–H groups in total. The van der Waals surface area contributed by atoms with E-state index < -0.39 is 5.82 Å². The fourth-order valence-corrected chi connectivity index (χ4v) is 1.56. The maximum absolute atomic E-state index is 13.6. The lowest BCUT2D eigenvalue weighted by Crippen LogP contribution is -1.98. The van der Waals surface area contributed by atoms with Gasteiger partial charge in [-0.2, -0.15) is 0 Å². The van der Waals surface area contributed by atoms with Gasteiger partial charge in [-0.3, -0.25) is 0 Å². The summed E-state index contributed by atoms with van der Waals surface area (Å²) in [7, 11) is 1.71. The van der Waals surface area contributed by atoms with Crippen LogP contribution in [0.25, 0.3) is 0 Å². The van der Waals surface area contributed by atoms with E-state index in [1.54, 1.807) is 31.3 Å². The summed E-state index contributed by atoms with van der Waals surface area (Å²) in [5.74, 6) is -0.626. The highest BCUT2D eigenvalue weighted by Crippen LogP contribution is 2.21. The van der Waals surface area contributed by atoms with Crippen LogP contribution in [0.5, 0.6) is 5.75 Å². The lowest BCUT2D eigenvalue weighted by atomic mass is 10.2. The van der Waals surface area contributed by atoms with Crippen LogP contribution in [0.4, 0.5) is 14.5 Å². The van der Waals surface area contributed by atoms with Gasteiger partial charge in [0, 0.05) is 18.8 Å². The molecule has 0 aliphatic carbocycles. The minimum absolute atomic E-state index is 0.133. The largest absolute Gasteiger partial charge is 0.486 e. The molecule has 2 aromatic carbocycles. The molecule has 0 aromatic heterocycles. The van der Waals surface area contributed by atoms with Crippen LogP contribution >= 0.6 is 0 Å². The molecular weight excluding hydrogens is 236 g/mol. The average molecular weight is 249 g/mol. The first-order valence-corrected chi connectivity index (χ1v) is 5.53. The predicted octanol–water partition coefficient (Wildman–Crippen LogP) is 3.59. The van der Waals surface area contributed by atoms with E-state index in [0.29, 0.717) is 11.3 Å². The molecule has 0 fully saturated rings. The fraction of sp³-hybridized carbons (Fsp3) is 0.143. The van der Waals surface area contributed by atoms with Gasteiger partial charge in [0.1, 0.15) is 12.4 Å². The van der Waals surface area contributed by atoms with Gasteiger partial charge in [-0.05, 0) is 29.8 Å². The van der Waals surface area contributed by atoms with E-state index in [2.05, 4.69) is 5.32 Å². The number of nitrogens with one attached hydrogen (secondary N) is 1. The Morgan fingerprint density at radius 1 is 1.11 bits per heavy atom. The molecular formula is C14H13F2NO. The van der Waals surface area contributed by atoms with Gasteiger partial charge in [-0.15, -0.1) is 0 Å². The highest BCUT2D eigenvalue weighted by Gasteiger charge is 2.05. The van der Waals surface area contributed by atoms with Crippen LogP contribution in [0, 0.1) is 11.6 Å². The summed E-state index contributed by atoms with van der Waals surface area (Å²) in [6.45, 7) is 0.133. The number of hydrogen-bond donors (Lipinski definition) is 1. The Kier molecular flexibility index (Phi) is 3.77. The second kappa shape index (κ2) is 5.49. The molecule has 0 saturated heterocycles. The molecule has 0 aliphatic heterocycles. The molecule has 0 bridgehead atoms. The van der Waals surface area contributed by atoms with Crippen molar-refractivity contribution in [1.82, 2.24) is 0 Å². The van der Waals surface area contributed by atoms with Gasteiger partial charge in [0.25, 0.3) is 0 Å². The molecule has 0 amide bonds. The molecule has 0 unspecified atom stereocenters. The summed E-state index contributed by atoms with van der Waals surface area (Å²) >= 11 is 0. The number of rotatable bonds is 4. The van der Waals surface area contributed by atoms with Gasteiger partial charge in [0.05, 0.1) is 0 Å². The predicted molar refractivity (Wildman–Crippen MR) is 66.7 cm³/mol. The molecule has 0 atom stereocenters. The Hall–Kier alpha value is -2.10. The molecule has 94 valence electrons. The van der Waals surface area contributed by atoms with E-state index >= 15 is 0 Å². The highest BCUT2D eigenvalue weighted by molar-refractivity contribution is 5.46. The van der Waals surface area contributed by atoms with Crippen LogP contribution in [0.1, 0.15) is 5.56 Å². The van der Waals surface area contributed by atoms with Crippen LogP contribution in [-0.2, 0) is 6.61 Å². The molecule has 2 nitrogen and oxygen atoms in total. The van der Waals surface area contributed by atoms with Gasteiger partial charge in [0.15, 0.2) is 11.6 Å². The maximum atomic E-state index is 13.6. The minimum atomic E-state index is -0.446. The molecule has 2 rings (SSSR count). The Bertz CT molecular complexity index is 543. The molecule has 0 aliphatic rings. The average Bonchev–Trinajstić information content (AvgIpc) is 2.37. The number of benzene rings is 2. The number of hydrogen-bond acceptors (Lipinski definition) is 2. The first kappa shape index (κ1) is 12.4. The van der Waals surface area contributed by atoms with Gasteiger partial charge in [-0.25, -0.2) is 8.78 Å². The summed E-state index contributed by atoms with van der Waals surface area (Å²) in [6.07, 6.45) is 0. The van der Waals surface area contributed by atoms with E-state index in [-0.39, 0.29) is 18.2 Å². The smallest absolute Gasteiger partial charge is 0.167 e. The quantitative estimate of drug-likeness (QED) is 0.894. The highest BCUT2D eigenvalue weighted by atomic mass is 19.1. The minimum Gasteiger partial charge on any atom is -0.486 e. The summed E-state index contributed by atoms with van der Waals surface area (Å²) in [4.78, 5) is 0. The first-order chi connectivity index (χ1) is 8.69. The van der Waals surface area contributed by atoms with Crippen LogP contribution in [0.15, 0.2) is 42.5 Å². The Morgan fingerprint density at radius 2 is 1.94 bits per heavy atom. The van der Waals surface area contributed by atoms with E-state index in [9.17, 15) is 8.78 Å². The first-order valence-electron chi connectivity index (χ1n) is 5.53. The second-order valence-electron chi connectivity index (χ2n) is 3.81. The van der Waals surface area contributed by atoms with Gasteiger partial charge in [-0.1, -0.05) is 12.1 Å². The third-order valence-electron chi connectivity index (χ3n) is 2.50. The van der Waals surface area contributed by atoms with Crippen molar-refractivity contribution in [2.24, 2.45) is 0 Å². The van der Waals surface area contributed by atoms with Crippen molar-refractivity contribution in [2.45, 2.75) is 6.61 Å². The van der Waals surface area contributed by atoms with Crippen molar-refractivity contribution in [2.75, 3.05) is 12.4 Å². The Labute approximate surface area is 104 Å². The Balaban J connectivity index is 2.06. The fourth-order valence-electron chi connectivity index (χ4n) is 1.56. The lowest BCUT2D eigenvalue weighted by Gasteiger charge is -2.08. The number of anilines is 1. The summed E-state index contributed by atoms with van der Waals surface area (Å²) in [5, 5.41) is 2.83. The van der Waals surface area contributed by atoms with E-state index in [1.807, 2.05) is 0 Å². The van der Waals surface area contributed by atoms with Crippen molar-refractivity contribution in [3.05, 3.63) is 59.7 Å². The normalized spacial score (nSPS) is 10.2. The summed E-state index contributed by atoms with van der Waals surface area (Å²) in [6, 6.07) is 10.6. The number of halogens is 2. The summed E-state index contributed by atoms with van der Waals surface area (Å²) < 4.78 is 31.8. The van der Waals surface area contributed by atoms with Gasteiger partial charge < -0.3 is 10.1 Å². The SMILES string of the molecule is CNc1ccc(OCc2cccc(F)c2)c(F)c1. The van der Waals surface area contributed by atoms with Crippen molar-refractivity contribution < 1.29 is 13.5 Å². The standard InChI is InChI=1S/C14H13F2NO/c1-17-12-5-6-14(13(16)8-12)18-9-10-3-2-4-11(15)7-10/h2-8,17H,9H2,1H3. The van der Waals surface area contributed by atoms with Crippen LogP contribution in [0.3, 0.4) is 0 Å². The monoisotopic (exact) mass is 249 g/mol. The zero-order chi connectivity index (χ0) is 13.0. The molecule has 0 radical (unpaired) electrons. The van der Waals surface area contributed by atoms with Crippen molar-refractivity contribution in [3.63, 3.8) is 0 Å². The van der Waals surface area contributed by atoms with E-state index in [1.165, 1.54) is 18.2 Å². The van der Waals surface area contributed by atoms with E-state index in [4.69, 9.17) is 4.74 Å². The Morgan fingerprint density at radius 3 is 2.61 bits per heavy atom. The zero-order valence-electron chi connectivity index (χ0n) is 9.91. The van der Waals surface area contributed by atoms with Crippen molar-refractivity contribution in [3.8, 4) is 5.75 Å². The molecule has 0 spiro atoms. The third kappa shape index (κ3) is 2.97. The molecule has 0 heterocycles. The topological polar surface area (TPSA) is 21.3 Å². The molecule has 4 heteroatoms. The third-order valence-corrected chi connectivity index (χ3v) is 2.50. The van der Waals surface area contributed by atoms with Crippen LogP contribution < -0.4 is 10.1 Å². The summed E-state index contributed by atoms with van der Waals surface area (Å²) in [5.41, 5.74) is 1.33. The van der Waals surface area contributed by atoms with Crippen molar-refractivity contribution in [1.29, 1.82) is 0 Å². The second-order valence-corrected chi connectivity index (χ2v) is 3.81. The molecule has 18 heavy (non-hydrogen) atoms. The van der Waals surface area contributed by atoms with E-state index in [0.717, 1.165) is 0 Å². The molecule has 2 aromatic rings. The van der Waals surface area contributed by atoms with Gasteiger partial charge >= 0.3 is 0 Å². The molecule has 0 saturated carbocycles. The van der Waals surface area contributed by atoms with Crippen LogP contribution in [-0.4, -0.2) is 7.05 Å². The maximum Gasteiger partial charge on any atom is 0.167 e. The van der Waals surface area contributed by atoms with Crippen molar-refractivity contribution >= 4 is 5.69 Å². The number of ether oxygens (including phenoxy) is 1. The van der Waals surface area contributed by atoms with Crippen LogP contribution in [0.2, 0.25) is 0 Å². The lowest BCUT2D eigenvalue weighted by molar-refractivity contribution is 0.290. The zero-order valence-corrected chi connectivity index (χ0v) is 9.91.